The van der Waals surface area contributed by atoms with E-state index in [1.54, 1.807) is 6.07 Å². The fourth-order valence-corrected chi connectivity index (χ4v) is 2.28. The van der Waals surface area contributed by atoms with E-state index in [-0.39, 0.29) is 5.56 Å². The third-order valence-corrected chi connectivity index (χ3v) is 3.28. The Hall–Kier alpha value is -1.50. The van der Waals surface area contributed by atoms with Gasteiger partial charge in [0.05, 0.1) is 5.56 Å². The first-order chi connectivity index (χ1) is 8.97. The maximum absolute atomic E-state index is 13.5. The molecule has 0 aliphatic carbocycles. The molecule has 0 aliphatic heterocycles. The van der Waals surface area contributed by atoms with E-state index in [9.17, 15) is 13.6 Å². The van der Waals surface area contributed by atoms with Gasteiger partial charge in [0.15, 0.2) is 0 Å². The highest BCUT2D eigenvalue weighted by atomic mass is 127. The van der Waals surface area contributed by atoms with Gasteiger partial charge in [0.1, 0.15) is 11.6 Å². The molecule has 0 bridgehead atoms. The summed E-state index contributed by atoms with van der Waals surface area (Å²) in [5, 5.41) is 2.57. The summed E-state index contributed by atoms with van der Waals surface area (Å²) in [5.74, 6) is -2.06. The second-order valence-electron chi connectivity index (χ2n) is 4.04. The molecule has 1 amide bonds. The number of halogens is 3. The van der Waals surface area contributed by atoms with Gasteiger partial charge in [-0.2, -0.15) is 0 Å². The molecule has 19 heavy (non-hydrogen) atoms. The molecule has 0 saturated heterocycles. The van der Waals surface area contributed by atoms with Crippen molar-refractivity contribution in [1.82, 2.24) is 0 Å². The van der Waals surface area contributed by atoms with Crippen molar-refractivity contribution >= 4 is 34.2 Å². The second kappa shape index (κ2) is 5.64. The van der Waals surface area contributed by atoms with E-state index < -0.39 is 17.5 Å². The number of hydrogen-bond acceptors (Lipinski definition) is 1. The highest BCUT2D eigenvalue weighted by Gasteiger charge is 2.13. The standard InChI is InChI=1S/C14H10F2INO/c1-8-6-10(17)3-5-13(8)18-14(19)11-7-9(15)2-4-12(11)16/h2-7H,1H3,(H,18,19). The molecule has 0 atom stereocenters. The van der Waals surface area contributed by atoms with Crippen LogP contribution in [-0.4, -0.2) is 5.91 Å². The second-order valence-corrected chi connectivity index (χ2v) is 5.28. The zero-order chi connectivity index (χ0) is 14.0. The van der Waals surface area contributed by atoms with Crippen molar-refractivity contribution in [1.29, 1.82) is 0 Å². The SMILES string of the molecule is Cc1cc(I)ccc1NC(=O)c1cc(F)ccc1F. The molecule has 2 aromatic rings. The largest absolute Gasteiger partial charge is 0.322 e. The number of nitrogens with one attached hydrogen (secondary N) is 1. The molecular weight excluding hydrogens is 363 g/mol. The van der Waals surface area contributed by atoms with Crippen LogP contribution >= 0.6 is 22.6 Å². The van der Waals surface area contributed by atoms with Crippen LogP contribution in [-0.2, 0) is 0 Å². The predicted molar refractivity (Wildman–Crippen MR) is 78.2 cm³/mol. The molecule has 0 heterocycles. The third-order valence-electron chi connectivity index (χ3n) is 2.61. The first kappa shape index (κ1) is 13.9. The molecule has 0 aliphatic rings. The zero-order valence-electron chi connectivity index (χ0n) is 10.0. The van der Waals surface area contributed by atoms with Crippen molar-refractivity contribution in [3.8, 4) is 0 Å². The molecule has 0 radical (unpaired) electrons. The lowest BCUT2D eigenvalue weighted by molar-refractivity contribution is 0.102. The van der Waals surface area contributed by atoms with E-state index in [0.29, 0.717) is 5.69 Å². The molecule has 0 aromatic heterocycles. The van der Waals surface area contributed by atoms with Gasteiger partial charge in [-0.1, -0.05) is 0 Å². The van der Waals surface area contributed by atoms with E-state index in [1.165, 1.54) is 0 Å². The maximum atomic E-state index is 13.5. The first-order valence-corrected chi connectivity index (χ1v) is 6.58. The summed E-state index contributed by atoms with van der Waals surface area (Å²) in [4.78, 5) is 11.9. The minimum Gasteiger partial charge on any atom is -0.322 e. The summed E-state index contributed by atoms with van der Waals surface area (Å²) in [6, 6.07) is 8.23. The van der Waals surface area contributed by atoms with Gasteiger partial charge in [0, 0.05) is 9.26 Å². The average molecular weight is 373 g/mol. The molecule has 0 unspecified atom stereocenters. The Morgan fingerprint density at radius 1 is 1.16 bits per heavy atom. The van der Waals surface area contributed by atoms with Crippen molar-refractivity contribution in [3.05, 3.63) is 62.7 Å². The molecule has 2 aromatic carbocycles. The normalized spacial score (nSPS) is 10.3. The van der Waals surface area contributed by atoms with Crippen LogP contribution in [0.15, 0.2) is 36.4 Å². The fraction of sp³-hybridized carbons (Fsp3) is 0.0714. The number of anilines is 1. The summed E-state index contributed by atoms with van der Waals surface area (Å²) in [7, 11) is 0. The van der Waals surface area contributed by atoms with E-state index in [1.807, 2.05) is 19.1 Å². The number of hydrogen-bond donors (Lipinski definition) is 1. The topological polar surface area (TPSA) is 29.1 Å². The molecule has 98 valence electrons. The van der Waals surface area contributed by atoms with Crippen molar-refractivity contribution < 1.29 is 13.6 Å². The van der Waals surface area contributed by atoms with Crippen LogP contribution in [0.1, 0.15) is 15.9 Å². The van der Waals surface area contributed by atoms with Gasteiger partial charge in [-0.25, -0.2) is 8.78 Å². The van der Waals surface area contributed by atoms with Crippen molar-refractivity contribution in [2.75, 3.05) is 5.32 Å². The average Bonchev–Trinajstić information content (AvgIpc) is 2.35. The molecule has 1 N–H and O–H groups in total. The molecule has 2 nitrogen and oxygen atoms in total. The van der Waals surface area contributed by atoms with Gasteiger partial charge >= 0.3 is 0 Å². The van der Waals surface area contributed by atoms with Crippen molar-refractivity contribution in [2.24, 2.45) is 0 Å². The van der Waals surface area contributed by atoms with E-state index in [0.717, 1.165) is 27.3 Å². The number of amides is 1. The number of carbonyl (C=O) groups excluding carboxylic acids is 1. The number of benzene rings is 2. The molecule has 2 rings (SSSR count). The minimum atomic E-state index is -0.748. The van der Waals surface area contributed by atoms with Crippen LogP contribution in [0.3, 0.4) is 0 Å². The lowest BCUT2D eigenvalue weighted by Crippen LogP contribution is -2.14. The first-order valence-electron chi connectivity index (χ1n) is 5.50. The monoisotopic (exact) mass is 373 g/mol. The van der Waals surface area contributed by atoms with Crippen LogP contribution in [0.2, 0.25) is 0 Å². The number of rotatable bonds is 2. The van der Waals surface area contributed by atoms with Crippen molar-refractivity contribution in [3.63, 3.8) is 0 Å². The summed E-state index contributed by atoms with van der Waals surface area (Å²) in [6.07, 6.45) is 0. The van der Waals surface area contributed by atoms with Gasteiger partial charge in [0.2, 0.25) is 0 Å². The van der Waals surface area contributed by atoms with E-state index in [2.05, 4.69) is 27.9 Å². The molecule has 0 saturated carbocycles. The van der Waals surface area contributed by atoms with Crippen LogP contribution < -0.4 is 5.32 Å². The molecule has 0 fully saturated rings. The van der Waals surface area contributed by atoms with Gasteiger partial charge in [-0.15, -0.1) is 0 Å². The Balaban J connectivity index is 2.28. The zero-order valence-corrected chi connectivity index (χ0v) is 12.2. The maximum Gasteiger partial charge on any atom is 0.258 e. The smallest absolute Gasteiger partial charge is 0.258 e. The summed E-state index contributed by atoms with van der Waals surface area (Å²) < 4.78 is 27.5. The Morgan fingerprint density at radius 2 is 1.89 bits per heavy atom. The fourth-order valence-electron chi connectivity index (χ4n) is 1.63. The summed E-state index contributed by atoms with van der Waals surface area (Å²) in [5.41, 5.74) is 1.13. The lowest BCUT2D eigenvalue weighted by atomic mass is 10.1. The lowest BCUT2D eigenvalue weighted by Gasteiger charge is -2.09. The number of carbonyl (C=O) groups is 1. The predicted octanol–water partition coefficient (Wildman–Crippen LogP) is 4.13. The van der Waals surface area contributed by atoms with Crippen LogP contribution in [0, 0.1) is 22.1 Å². The Bertz CT molecular complexity index is 643. The van der Waals surface area contributed by atoms with E-state index >= 15 is 0 Å². The highest BCUT2D eigenvalue weighted by molar-refractivity contribution is 14.1. The quantitative estimate of drug-likeness (QED) is 0.789. The third kappa shape index (κ3) is 3.28. The van der Waals surface area contributed by atoms with Crippen molar-refractivity contribution in [2.45, 2.75) is 6.92 Å². The summed E-state index contributed by atoms with van der Waals surface area (Å²) >= 11 is 2.15. The number of aryl methyl sites for hydroxylation is 1. The van der Waals surface area contributed by atoms with Crippen LogP contribution in [0.25, 0.3) is 0 Å². The van der Waals surface area contributed by atoms with Gasteiger partial charge < -0.3 is 5.32 Å². The summed E-state index contributed by atoms with van der Waals surface area (Å²) in [6.45, 7) is 1.83. The molecule has 0 spiro atoms. The Kier molecular flexibility index (Phi) is 4.14. The highest BCUT2D eigenvalue weighted by Crippen LogP contribution is 2.19. The van der Waals surface area contributed by atoms with Gasteiger partial charge in [0.25, 0.3) is 5.91 Å². The molecule has 5 heteroatoms. The van der Waals surface area contributed by atoms with Crippen LogP contribution in [0.4, 0.5) is 14.5 Å². The Labute approximate surface area is 123 Å². The van der Waals surface area contributed by atoms with Gasteiger partial charge in [-0.3, -0.25) is 4.79 Å². The van der Waals surface area contributed by atoms with Crippen LogP contribution in [0.5, 0.6) is 0 Å². The van der Waals surface area contributed by atoms with Gasteiger partial charge in [-0.05, 0) is 71.5 Å². The van der Waals surface area contributed by atoms with E-state index in [4.69, 9.17) is 0 Å². The molecular formula is C14H10F2INO. The Morgan fingerprint density at radius 3 is 2.58 bits per heavy atom. The minimum absolute atomic E-state index is 0.307.